The number of carbonyl (C=O) groups is 1. The first-order valence-electron chi connectivity index (χ1n) is 6.44. The Hall–Kier alpha value is -1.81. The van der Waals surface area contributed by atoms with Crippen molar-refractivity contribution in [3.8, 4) is 5.75 Å². The summed E-state index contributed by atoms with van der Waals surface area (Å²) in [4.78, 5) is 11.6. The van der Waals surface area contributed by atoms with Crippen LogP contribution in [-0.4, -0.2) is 32.8 Å². The van der Waals surface area contributed by atoms with Crippen LogP contribution in [0.3, 0.4) is 0 Å². The summed E-state index contributed by atoms with van der Waals surface area (Å²) in [5.74, 6) is 0.644. The number of benzene rings is 1. The van der Waals surface area contributed by atoms with E-state index in [1.165, 1.54) is 6.08 Å². The normalized spacial score (nSPS) is 10.6. The summed E-state index contributed by atoms with van der Waals surface area (Å²) in [5.41, 5.74) is 0.884. The predicted molar refractivity (Wildman–Crippen MR) is 76.1 cm³/mol. The van der Waals surface area contributed by atoms with Gasteiger partial charge in [0, 0.05) is 31.4 Å². The highest BCUT2D eigenvalue weighted by Gasteiger charge is 1.99. The quantitative estimate of drug-likeness (QED) is 0.578. The summed E-state index contributed by atoms with van der Waals surface area (Å²) >= 11 is 0. The second-order valence-corrected chi connectivity index (χ2v) is 3.92. The van der Waals surface area contributed by atoms with Gasteiger partial charge in [0.1, 0.15) is 5.75 Å². The van der Waals surface area contributed by atoms with E-state index in [0.717, 1.165) is 17.7 Å². The van der Waals surface area contributed by atoms with Gasteiger partial charge in [-0.3, -0.25) is 4.79 Å². The van der Waals surface area contributed by atoms with Crippen molar-refractivity contribution in [3.05, 3.63) is 35.9 Å². The number of para-hydroxylation sites is 1. The average molecular weight is 263 g/mol. The van der Waals surface area contributed by atoms with E-state index in [9.17, 15) is 4.79 Å². The smallest absolute Gasteiger partial charge is 0.244 e. The number of amides is 1. The first kappa shape index (κ1) is 15.2. The maximum absolute atomic E-state index is 11.6. The van der Waals surface area contributed by atoms with Gasteiger partial charge in [-0.2, -0.15) is 0 Å². The van der Waals surface area contributed by atoms with Crippen LogP contribution in [0.25, 0.3) is 6.08 Å². The van der Waals surface area contributed by atoms with Crippen LogP contribution in [0.5, 0.6) is 5.75 Å². The van der Waals surface area contributed by atoms with Crippen LogP contribution >= 0.6 is 0 Å². The lowest BCUT2D eigenvalue weighted by molar-refractivity contribution is -0.116. The molecule has 4 heteroatoms. The van der Waals surface area contributed by atoms with Crippen molar-refractivity contribution in [3.63, 3.8) is 0 Å². The third-order valence-corrected chi connectivity index (χ3v) is 2.52. The Balaban J connectivity index is 2.37. The monoisotopic (exact) mass is 263 g/mol. The van der Waals surface area contributed by atoms with Crippen LogP contribution < -0.4 is 10.1 Å². The maximum atomic E-state index is 11.6. The molecule has 0 saturated heterocycles. The molecule has 0 saturated carbocycles. The Morgan fingerprint density at radius 3 is 2.89 bits per heavy atom. The molecule has 19 heavy (non-hydrogen) atoms. The second-order valence-electron chi connectivity index (χ2n) is 3.92. The maximum Gasteiger partial charge on any atom is 0.244 e. The SMILES string of the molecule is CCOCCCNC(=O)C=Cc1ccccc1OC. The Bertz CT molecular complexity index is 416. The lowest BCUT2D eigenvalue weighted by Crippen LogP contribution is -2.23. The van der Waals surface area contributed by atoms with E-state index in [2.05, 4.69) is 5.32 Å². The van der Waals surface area contributed by atoms with Crippen molar-refractivity contribution in [1.82, 2.24) is 5.32 Å². The first-order valence-corrected chi connectivity index (χ1v) is 6.44. The number of rotatable bonds is 8. The fourth-order valence-electron chi connectivity index (χ4n) is 1.56. The van der Waals surface area contributed by atoms with Crippen molar-refractivity contribution >= 4 is 12.0 Å². The molecule has 4 nitrogen and oxygen atoms in total. The van der Waals surface area contributed by atoms with Gasteiger partial charge < -0.3 is 14.8 Å². The number of nitrogens with one attached hydrogen (secondary N) is 1. The summed E-state index contributed by atoms with van der Waals surface area (Å²) in [7, 11) is 1.61. The van der Waals surface area contributed by atoms with Gasteiger partial charge in [-0.15, -0.1) is 0 Å². The average Bonchev–Trinajstić information content (AvgIpc) is 2.45. The van der Waals surface area contributed by atoms with E-state index in [-0.39, 0.29) is 5.91 Å². The van der Waals surface area contributed by atoms with Gasteiger partial charge in [0.2, 0.25) is 5.91 Å². The molecule has 0 fully saturated rings. The largest absolute Gasteiger partial charge is 0.496 e. The van der Waals surface area contributed by atoms with E-state index in [1.807, 2.05) is 31.2 Å². The minimum Gasteiger partial charge on any atom is -0.496 e. The van der Waals surface area contributed by atoms with Crippen molar-refractivity contribution in [2.45, 2.75) is 13.3 Å². The Kier molecular flexibility index (Phi) is 7.35. The molecule has 0 unspecified atom stereocenters. The van der Waals surface area contributed by atoms with Crippen molar-refractivity contribution in [2.24, 2.45) is 0 Å². The molecule has 0 aliphatic heterocycles. The molecule has 0 bridgehead atoms. The van der Waals surface area contributed by atoms with Gasteiger partial charge in [-0.05, 0) is 25.5 Å². The third-order valence-electron chi connectivity index (χ3n) is 2.52. The molecule has 1 aromatic carbocycles. The molecule has 0 aromatic heterocycles. The number of carbonyl (C=O) groups excluding carboxylic acids is 1. The van der Waals surface area contributed by atoms with E-state index < -0.39 is 0 Å². The number of hydrogen-bond donors (Lipinski definition) is 1. The summed E-state index contributed by atoms with van der Waals surface area (Å²) in [5, 5.41) is 2.80. The standard InChI is InChI=1S/C15H21NO3/c1-3-19-12-6-11-16-15(17)10-9-13-7-4-5-8-14(13)18-2/h4-5,7-10H,3,6,11-12H2,1-2H3,(H,16,17). The molecular formula is C15H21NO3. The van der Waals surface area contributed by atoms with Crippen molar-refractivity contribution < 1.29 is 14.3 Å². The zero-order chi connectivity index (χ0) is 13.9. The summed E-state index contributed by atoms with van der Waals surface area (Å²) < 4.78 is 10.4. The van der Waals surface area contributed by atoms with Gasteiger partial charge in [-0.25, -0.2) is 0 Å². The molecule has 104 valence electrons. The molecule has 1 N–H and O–H groups in total. The molecule has 0 aliphatic carbocycles. The number of hydrogen-bond acceptors (Lipinski definition) is 3. The van der Waals surface area contributed by atoms with Gasteiger partial charge in [-0.1, -0.05) is 18.2 Å². The van der Waals surface area contributed by atoms with Crippen LogP contribution in [-0.2, 0) is 9.53 Å². The highest BCUT2D eigenvalue weighted by Crippen LogP contribution is 2.18. The van der Waals surface area contributed by atoms with E-state index in [1.54, 1.807) is 13.2 Å². The fraction of sp³-hybridized carbons (Fsp3) is 0.400. The van der Waals surface area contributed by atoms with Crippen LogP contribution in [0.1, 0.15) is 18.9 Å². The first-order chi connectivity index (χ1) is 9.27. The van der Waals surface area contributed by atoms with Crippen LogP contribution in [0.2, 0.25) is 0 Å². The lowest BCUT2D eigenvalue weighted by Gasteiger charge is -2.04. The van der Waals surface area contributed by atoms with Crippen LogP contribution in [0.4, 0.5) is 0 Å². The lowest BCUT2D eigenvalue weighted by atomic mass is 10.2. The van der Waals surface area contributed by atoms with Gasteiger partial charge in [0.25, 0.3) is 0 Å². The molecule has 1 aromatic rings. The van der Waals surface area contributed by atoms with Crippen molar-refractivity contribution in [2.75, 3.05) is 26.9 Å². The van der Waals surface area contributed by atoms with Crippen LogP contribution in [0, 0.1) is 0 Å². The molecule has 1 rings (SSSR count). The van der Waals surface area contributed by atoms with Crippen molar-refractivity contribution in [1.29, 1.82) is 0 Å². The highest BCUT2D eigenvalue weighted by molar-refractivity contribution is 5.92. The molecule has 0 heterocycles. The summed E-state index contributed by atoms with van der Waals surface area (Å²) in [6.07, 6.45) is 4.08. The minimum atomic E-state index is -0.109. The molecule has 0 spiro atoms. The highest BCUT2D eigenvalue weighted by atomic mass is 16.5. The number of methoxy groups -OCH3 is 1. The third kappa shape index (κ3) is 6.06. The molecule has 0 aliphatic rings. The summed E-state index contributed by atoms with van der Waals surface area (Å²) in [6, 6.07) is 7.56. The van der Waals surface area contributed by atoms with Crippen LogP contribution in [0.15, 0.2) is 30.3 Å². The van der Waals surface area contributed by atoms with E-state index >= 15 is 0 Å². The molecular weight excluding hydrogens is 242 g/mol. The summed E-state index contributed by atoms with van der Waals surface area (Å²) in [6.45, 7) is 3.96. The van der Waals surface area contributed by atoms with Gasteiger partial charge >= 0.3 is 0 Å². The number of ether oxygens (including phenoxy) is 2. The Morgan fingerprint density at radius 1 is 1.37 bits per heavy atom. The zero-order valence-electron chi connectivity index (χ0n) is 11.5. The molecule has 1 amide bonds. The topological polar surface area (TPSA) is 47.6 Å². The van der Waals surface area contributed by atoms with E-state index in [0.29, 0.717) is 19.8 Å². The molecule has 0 radical (unpaired) electrons. The molecule has 0 atom stereocenters. The fourth-order valence-corrected chi connectivity index (χ4v) is 1.56. The minimum absolute atomic E-state index is 0.109. The van der Waals surface area contributed by atoms with Gasteiger partial charge in [0.15, 0.2) is 0 Å². The Labute approximate surface area is 114 Å². The Morgan fingerprint density at radius 2 is 2.16 bits per heavy atom. The zero-order valence-corrected chi connectivity index (χ0v) is 11.5. The second kappa shape index (κ2) is 9.16. The van der Waals surface area contributed by atoms with Gasteiger partial charge in [0.05, 0.1) is 7.11 Å². The predicted octanol–water partition coefficient (Wildman–Crippen LogP) is 2.25. The van der Waals surface area contributed by atoms with E-state index in [4.69, 9.17) is 9.47 Å².